The lowest BCUT2D eigenvalue weighted by atomic mass is 10.2. The lowest BCUT2D eigenvalue weighted by molar-refractivity contribution is 0.0865. The Morgan fingerprint density at radius 3 is 2.74 bits per heavy atom. The van der Waals surface area contributed by atoms with Gasteiger partial charge < -0.3 is 5.73 Å². The van der Waals surface area contributed by atoms with Crippen LogP contribution in [0.3, 0.4) is 0 Å². The second-order valence-electron chi connectivity index (χ2n) is 4.20. The van der Waals surface area contributed by atoms with Crippen molar-refractivity contribution >= 4 is 33.0 Å². The number of nitrogen functional groups attached to an aromatic ring is 1. The minimum Gasteiger partial charge on any atom is -0.399 e. The summed E-state index contributed by atoms with van der Waals surface area (Å²) >= 11 is 1.46. The maximum Gasteiger partial charge on any atom is 0.269 e. The Morgan fingerprint density at radius 2 is 2.05 bits per heavy atom. The Morgan fingerprint density at radius 1 is 1.26 bits per heavy atom. The summed E-state index contributed by atoms with van der Waals surface area (Å²) in [5, 5.41) is 3.66. The Balaban J connectivity index is 2.08. The first-order valence-electron chi connectivity index (χ1n) is 5.48. The highest BCUT2D eigenvalue weighted by atomic mass is 32.2. The molecule has 0 atom stereocenters. The first-order valence-corrected chi connectivity index (χ1v) is 7.86. The molecule has 2 heterocycles. The molecular weight excluding hydrogens is 284 g/mol. The molecule has 98 valence electrons. The number of nitrogens with two attached hydrogens (primary N) is 1. The third-order valence-corrected chi connectivity index (χ3v) is 5.44. The van der Waals surface area contributed by atoms with E-state index in [4.69, 9.17) is 5.73 Å². The van der Waals surface area contributed by atoms with Gasteiger partial charge >= 0.3 is 0 Å². The van der Waals surface area contributed by atoms with Gasteiger partial charge in [-0.25, -0.2) is 12.7 Å². The summed E-state index contributed by atoms with van der Waals surface area (Å²) in [4.78, 5) is 12.2. The summed E-state index contributed by atoms with van der Waals surface area (Å²) in [6.07, 6.45) is 0. The molecule has 0 bridgehead atoms. The number of carbonyl (C=O) groups excluding carboxylic acids is 1. The lowest BCUT2D eigenvalue weighted by Crippen LogP contribution is -2.29. The zero-order valence-corrected chi connectivity index (χ0v) is 11.4. The van der Waals surface area contributed by atoms with Gasteiger partial charge in [0.05, 0.1) is 12.1 Å². The van der Waals surface area contributed by atoms with E-state index in [0.717, 1.165) is 9.87 Å². The number of hydrogen-bond acceptors (Lipinski definition) is 5. The number of nitrogens with zero attached hydrogens (tertiary/aromatic N) is 1. The number of rotatable bonds is 2. The molecule has 7 heteroatoms. The molecule has 0 radical (unpaired) electrons. The van der Waals surface area contributed by atoms with E-state index in [2.05, 4.69) is 0 Å². The van der Waals surface area contributed by atoms with E-state index in [1.807, 2.05) is 10.8 Å². The van der Waals surface area contributed by atoms with Gasteiger partial charge in [0, 0.05) is 5.69 Å². The van der Waals surface area contributed by atoms with Gasteiger partial charge in [0.2, 0.25) is 0 Å². The first-order chi connectivity index (χ1) is 9.00. The molecule has 0 saturated heterocycles. The van der Waals surface area contributed by atoms with E-state index in [1.165, 1.54) is 29.5 Å². The molecule has 1 aromatic carbocycles. The Labute approximate surface area is 114 Å². The van der Waals surface area contributed by atoms with E-state index < -0.39 is 15.9 Å². The van der Waals surface area contributed by atoms with Gasteiger partial charge in [-0.2, -0.15) is 11.3 Å². The van der Waals surface area contributed by atoms with Gasteiger partial charge in [0.25, 0.3) is 15.9 Å². The van der Waals surface area contributed by atoms with Crippen LogP contribution in [0.2, 0.25) is 0 Å². The van der Waals surface area contributed by atoms with Gasteiger partial charge in [-0.1, -0.05) is 0 Å². The van der Waals surface area contributed by atoms with Crippen molar-refractivity contribution in [3.63, 3.8) is 0 Å². The molecule has 2 N–H and O–H groups in total. The molecule has 0 fully saturated rings. The molecule has 2 aromatic rings. The van der Waals surface area contributed by atoms with Crippen molar-refractivity contribution in [2.24, 2.45) is 0 Å². The zero-order chi connectivity index (χ0) is 13.6. The standard InChI is InChI=1S/C12H10N2O3S2/c13-9-1-2-10-11(5-9)19(16,17)14(12(10)15)6-8-3-4-18-7-8/h1-5,7H,6,13H2. The molecule has 19 heavy (non-hydrogen) atoms. The number of sulfonamides is 1. The number of fused-ring (bicyclic) bond motifs is 1. The highest BCUT2D eigenvalue weighted by Crippen LogP contribution is 2.33. The molecule has 3 rings (SSSR count). The van der Waals surface area contributed by atoms with Crippen molar-refractivity contribution in [2.45, 2.75) is 11.4 Å². The summed E-state index contributed by atoms with van der Waals surface area (Å²) in [5.74, 6) is -0.499. The summed E-state index contributed by atoms with van der Waals surface area (Å²) in [5.41, 5.74) is 6.89. The number of anilines is 1. The van der Waals surface area contributed by atoms with Crippen LogP contribution in [-0.2, 0) is 16.6 Å². The van der Waals surface area contributed by atoms with Crippen LogP contribution in [0, 0.1) is 0 Å². The predicted octanol–water partition coefficient (Wildman–Crippen LogP) is 1.68. The van der Waals surface area contributed by atoms with Crippen LogP contribution in [0.4, 0.5) is 5.69 Å². The molecule has 5 nitrogen and oxygen atoms in total. The fourth-order valence-corrected chi connectivity index (χ4v) is 4.25. The average Bonchev–Trinajstić information content (AvgIpc) is 2.92. The van der Waals surface area contributed by atoms with Crippen molar-refractivity contribution in [2.75, 3.05) is 5.73 Å². The number of carbonyl (C=O) groups is 1. The molecule has 1 aliphatic rings. The smallest absolute Gasteiger partial charge is 0.269 e. The maximum atomic E-state index is 12.3. The third-order valence-electron chi connectivity index (χ3n) is 2.94. The van der Waals surface area contributed by atoms with Crippen LogP contribution >= 0.6 is 11.3 Å². The van der Waals surface area contributed by atoms with Crippen LogP contribution in [0.15, 0.2) is 39.9 Å². The largest absolute Gasteiger partial charge is 0.399 e. The highest BCUT2D eigenvalue weighted by Gasteiger charge is 2.41. The van der Waals surface area contributed by atoms with Crippen LogP contribution in [0.25, 0.3) is 0 Å². The summed E-state index contributed by atoms with van der Waals surface area (Å²) < 4.78 is 25.5. The van der Waals surface area contributed by atoms with E-state index in [1.54, 1.807) is 6.07 Å². The summed E-state index contributed by atoms with van der Waals surface area (Å²) in [6, 6.07) is 6.11. The number of benzene rings is 1. The molecule has 1 aliphatic heterocycles. The minimum atomic E-state index is -3.79. The fourth-order valence-electron chi connectivity index (χ4n) is 2.00. The van der Waals surface area contributed by atoms with Crippen molar-refractivity contribution in [3.8, 4) is 0 Å². The molecule has 1 amide bonds. The zero-order valence-electron chi connectivity index (χ0n) is 9.74. The second-order valence-corrected chi connectivity index (χ2v) is 6.81. The SMILES string of the molecule is Nc1ccc2c(c1)S(=O)(=O)N(Cc1ccsc1)C2=O. The van der Waals surface area contributed by atoms with Crippen LogP contribution in [-0.4, -0.2) is 18.6 Å². The topological polar surface area (TPSA) is 80.5 Å². The number of hydrogen-bond donors (Lipinski definition) is 1. The highest BCUT2D eigenvalue weighted by molar-refractivity contribution is 7.90. The summed E-state index contributed by atoms with van der Waals surface area (Å²) in [6.45, 7) is 0.0548. The number of thiophene rings is 1. The third kappa shape index (κ3) is 1.82. The fraction of sp³-hybridized carbons (Fsp3) is 0.0833. The van der Waals surface area contributed by atoms with Crippen LogP contribution < -0.4 is 5.73 Å². The second kappa shape index (κ2) is 4.07. The van der Waals surface area contributed by atoms with Gasteiger partial charge in [-0.15, -0.1) is 0 Å². The van der Waals surface area contributed by atoms with Gasteiger partial charge in [-0.05, 0) is 40.6 Å². The van der Waals surface area contributed by atoms with Crippen molar-refractivity contribution < 1.29 is 13.2 Å². The predicted molar refractivity (Wildman–Crippen MR) is 72.2 cm³/mol. The van der Waals surface area contributed by atoms with Gasteiger partial charge in [0.15, 0.2) is 0 Å². The van der Waals surface area contributed by atoms with Gasteiger partial charge in [0.1, 0.15) is 4.90 Å². The van der Waals surface area contributed by atoms with E-state index >= 15 is 0 Å². The Kier molecular flexibility index (Phi) is 2.61. The van der Waals surface area contributed by atoms with Crippen molar-refractivity contribution in [1.29, 1.82) is 0 Å². The van der Waals surface area contributed by atoms with Gasteiger partial charge in [-0.3, -0.25) is 4.79 Å². The van der Waals surface area contributed by atoms with Crippen LogP contribution in [0.1, 0.15) is 15.9 Å². The molecule has 0 spiro atoms. The Hall–Kier alpha value is -1.86. The quantitative estimate of drug-likeness (QED) is 0.854. The van der Waals surface area contributed by atoms with Crippen LogP contribution in [0.5, 0.6) is 0 Å². The molecule has 0 saturated carbocycles. The average molecular weight is 294 g/mol. The molecule has 0 unspecified atom stereocenters. The first kappa shape index (κ1) is 12.2. The molecular formula is C12H10N2O3S2. The molecule has 1 aromatic heterocycles. The number of amides is 1. The Bertz CT molecular complexity index is 751. The normalized spacial score (nSPS) is 16.6. The van der Waals surface area contributed by atoms with E-state index in [-0.39, 0.29) is 17.0 Å². The monoisotopic (exact) mass is 294 g/mol. The maximum absolute atomic E-state index is 12.3. The van der Waals surface area contributed by atoms with E-state index in [0.29, 0.717) is 5.69 Å². The summed E-state index contributed by atoms with van der Waals surface area (Å²) in [7, 11) is -3.79. The van der Waals surface area contributed by atoms with E-state index in [9.17, 15) is 13.2 Å². The molecule has 0 aliphatic carbocycles. The lowest BCUT2D eigenvalue weighted by Gasteiger charge is -2.13. The van der Waals surface area contributed by atoms with Crippen molar-refractivity contribution in [1.82, 2.24) is 4.31 Å². The van der Waals surface area contributed by atoms with Crippen molar-refractivity contribution in [3.05, 3.63) is 46.2 Å². The minimum absolute atomic E-state index is 0.00673.